The van der Waals surface area contributed by atoms with Crippen LogP contribution >= 0.6 is 0 Å². The van der Waals surface area contributed by atoms with Gasteiger partial charge < -0.3 is 10.6 Å². The summed E-state index contributed by atoms with van der Waals surface area (Å²) < 4.78 is 23.2. The zero-order valence-corrected chi connectivity index (χ0v) is 14.0. The van der Waals surface area contributed by atoms with Crippen LogP contribution in [0.25, 0.3) is 0 Å². The Balaban J connectivity index is 2.08. The minimum Gasteiger partial charge on any atom is -0.352 e. The van der Waals surface area contributed by atoms with Crippen LogP contribution in [0.4, 0.5) is 0 Å². The molecule has 0 radical (unpaired) electrons. The van der Waals surface area contributed by atoms with Crippen molar-refractivity contribution in [2.24, 2.45) is 5.92 Å². The molecule has 2 rings (SSSR count). The molecule has 2 N–H and O–H groups in total. The predicted molar refractivity (Wildman–Crippen MR) is 83.9 cm³/mol. The maximum absolute atomic E-state index is 12.7. The number of carbonyl (C=O) groups excluding carboxylic acids is 1. The molecule has 0 bridgehead atoms. The Kier molecular flexibility index (Phi) is 5.30. The highest BCUT2D eigenvalue weighted by atomic mass is 32.2. The fraction of sp³-hybridized carbons (Fsp3) is 0.933. The third kappa shape index (κ3) is 3.59. The van der Waals surface area contributed by atoms with Crippen LogP contribution in [0.1, 0.15) is 51.9 Å². The molecule has 6 heteroatoms. The molecule has 0 spiro atoms. The van der Waals surface area contributed by atoms with E-state index in [0.29, 0.717) is 31.8 Å². The largest absolute Gasteiger partial charge is 0.352 e. The van der Waals surface area contributed by atoms with E-state index in [-0.39, 0.29) is 11.9 Å². The van der Waals surface area contributed by atoms with Gasteiger partial charge in [0.2, 0.25) is 5.91 Å². The summed E-state index contributed by atoms with van der Waals surface area (Å²) >= 11 is 0. The number of nitrogens with one attached hydrogen (secondary N) is 2. The van der Waals surface area contributed by atoms with Crippen LogP contribution in [0.2, 0.25) is 0 Å². The molecule has 0 aromatic rings. The second kappa shape index (κ2) is 6.65. The summed E-state index contributed by atoms with van der Waals surface area (Å²) in [5, 5.41) is 6.16. The fourth-order valence-corrected chi connectivity index (χ4v) is 5.03. The first-order chi connectivity index (χ1) is 9.87. The maximum atomic E-state index is 12.7. The smallest absolute Gasteiger partial charge is 0.241 e. The van der Waals surface area contributed by atoms with E-state index in [1.165, 1.54) is 25.5 Å². The van der Waals surface area contributed by atoms with Crippen LogP contribution in [0.3, 0.4) is 0 Å². The third-order valence-corrected chi connectivity index (χ3v) is 7.26. The van der Waals surface area contributed by atoms with Crippen molar-refractivity contribution in [3.63, 3.8) is 0 Å². The highest BCUT2D eigenvalue weighted by Crippen LogP contribution is 2.30. The van der Waals surface area contributed by atoms with E-state index in [1.54, 1.807) is 0 Å². The summed E-state index contributed by atoms with van der Waals surface area (Å²) in [5.41, 5.74) is 0. The standard InChI is InChI=1S/C15H28N2O3S/c1-12(13-6-4-3-5-7-13)17-14(18)15(21(2,19)20)8-10-16-11-9-15/h12-13,16H,3-11H2,1-2H3,(H,17,18). The molecule has 1 saturated heterocycles. The number of hydrogen-bond donors (Lipinski definition) is 2. The summed E-state index contributed by atoms with van der Waals surface area (Å²) in [6.07, 6.45) is 7.91. The average molecular weight is 316 g/mol. The Labute approximate surface area is 128 Å². The van der Waals surface area contributed by atoms with Gasteiger partial charge in [-0.25, -0.2) is 8.42 Å². The van der Waals surface area contributed by atoms with Gasteiger partial charge in [-0.1, -0.05) is 19.3 Å². The van der Waals surface area contributed by atoms with Gasteiger partial charge in [0.25, 0.3) is 0 Å². The molecule has 1 amide bonds. The van der Waals surface area contributed by atoms with Crippen molar-refractivity contribution in [3.8, 4) is 0 Å². The monoisotopic (exact) mass is 316 g/mol. The summed E-state index contributed by atoms with van der Waals surface area (Å²) in [5.74, 6) is 0.200. The molecule has 1 heterocycles. The molecule has 2 aliphatic rings. The number of hydrogen-bond acceptors (Lipinski definition) is 4. The minimum absolute atomic E-state index is 0.0614. The first kappa shape index (κ1) is 16.7. The van der Waals surface area contributed by atoms with Gasteiger partial charge in [-0.15, -0.1) is 0 Å². The molecule has 5 nitrogen and oxygen atoms in total. The van der Waals surface area contributed by atoms with Gasteiger partial charge in [0.05, 0.1) is 0 Å². The SMILES string of the molecule is CC(NC(=O)C1(S(C)(=O)=O)CCNCC1)C1CCCCC1. The number of piperidine rings is 1. The summed E-state index contributed by atoms with van der Waals surface area (Å²) in [7, 11) is -3.42. The lowest BCUT2D eigenvalue weighted by Gasteiger charge is -2.37. The molecule has 0 aromatic heterocycles. The molecule has 0 aromatic carbocycles. The number of rotatable bonds is 4. The Morgan fingerprint density at radius 3 is 2.29 bits per heavy atom. The molecular weight excluding hydrogens is 288 g/mol. The molecule has 1 unspecified atom stereocenters. The molecule has 21 heavy (non-hydrogen) atoms. The van der Waals surface area contributed by atoms with Crippen LogP contribution in [0, 0.1) is 5.92 Å². The second-order valence-electron chi connectivity index (χ2n) is 6.68. The van der Waals surface area contributed by atoms with Crippen LogP contribution in [-0.4, -0.2) is 44.5 Å². The van der Waals surface area contributed by atoms with Gasteiger partial charge in [0.15, 0.2) is 14.6 Å². The highest BCUT2D eigenvalue weighted by molar-refractivity contribution is 7.92. The summed E-state index contributed by atoms with van der Waals surface area (Å²) in [6.45, 7) is 3.18. The molecule has 1 saturated carbocycles. The zero-order chi connectivity index (χ0) is 15.5. The van der Waals surface area contributed by atoms with Gasteiger partial charge in [-0.3, -0.25) is 4.79 Å². The Morgan fingerprint density at radius 1 is 1.19 bits per heavy atom. The minimum atomic E-state index is -3.42. The first-order valence-corrected chi connectivity index (χ1v) is 9.97. The van der Waals surface area contributed by atoms with Crippen LogP contribution in [0.15, 0.2) is 0 Å². The first-order valence-electron chi connectivity index (χ1n) is 8.08. The van der Waals surface area contributed by atoms with E-state index < -0.39 is 14.6 Å². The Hall–Kier alpha value is -0.620. The fourth-order valence-electron chi connectivity index (χ4n) is 3.69. The van der Waals surface area contributed by atoms with Gasteiger partial charge in [-0.2, -0.15) is 0 Å². The van der Waals surface area contributed by atoms with Gasteiger partial charge in [-0.05, 0) is 51.6 Å². The molecular formula is C15H28N2O3S. The van der Waals surface area contributed by atoms with Gasteiger partial charge >= 0.3 is 0 Å². The predicted octanol–water partition coefficient (Wildman–Crippen LogP) is 1.24. The molecule has 1 atom stereocenters. The lowest BCUT2D eigenvalue weighted by molar-refractivity contribution is -0.125. The van der Waals surface area contributed by atoms with Crippen molar-refractivity contribution in [1.29, 1.82) is 0 Å². The van der Waals surface area contributed by atoms with E-state index in [0.717, 1.165) is 12.8 Å². The van der Waals surface area contributed by atoms with Crippen LogP contribution < -0.4 is 10.6 Å². The van der Waals surface area contributed by atoms with E-state index in [1.807, 2.05) is 6.92 Å². The second-order valence-corrected chi connectivity index (χ2v) is 9.00. The topological polar surface area (TPSA) is 75.3 Å². The van der Waals surface area contributed by atoms with Crippen molar-refractivity contribution in [1.82, 2.24) is 10.6 Å². The number of carbonyl (C=O) groups is 1. The van der Waals surface area contributed by atoms with Crippen molar-refractivity contribution < 1.29 is 13.2 Å². The van der Waals surface area contributed by atoms with Crippen molar-refractivity contribution in [3.05, 3.63) is 0 Å². The normalized spacial score (nSPS) is 25.2. The Bertz CT molecular complexity index is 463. The van der Waals surface area contributed by atoms with E-state index in [4.69, 9.17) is 0 Å². The molecule has 1 aliphatic heterocycles. The third-order valence-electron chi connectivity index (χ3n) is 5.25. The lowest BCUT2D eigenvalue weighted by Crippen LogP contribution is -2.59. The number of sulfone groups is 1. The molecule has 1 aliphatic carbocycles. The van der Waals surface area contributed by atoms with Crippen molar-refractivity contribution >= 4 is 15.7 Å². The summed E-state index contributed by atoms with van der Waals surface area (Å²) in [4.78, 5) is 12.7. The Morgan fingerprint density at radius 2 is 1.76 bits per heavy atom. The molecule has 2 fully saturated rings. The lowest BCUT2D eigenvalue weighted by atomic mass is 9.84. The zero-order valence-electron chi connectivity index (χ0n) is 13.2. The van der Waals surface area contributed by atoms with E-state index in [9.17, 15) is 13.2 Å². The van der Waals surface area contributed by atoms with Crippen molar-refractivity contribution in [2.75, 3.05) is 19.3 Å². The van der Waals surface area contributed by atoms with E-state index >= 15 is 0 Å². The van der Waals surface area contributed by atoms with Crippen molar-refractivity contribution in [2.45, 2.75) is 62.7 Å². The number of amides is 1. The molecule has 122 valence electrons. The quantitative estimate of drug-likeness (QED) is 0.818. The maximum Gasteiger partial charge on any atom is 0.241 e. The highest BCUT2D eigenvalue weighted by Gasteiger charge is 2.49. The van der Waals surface area contributed by atoms with E-state index in [2.05, 4.69) is 10.6 Å². The summed E-state index contributed by atoms with van der Waals surface area (Å²) in [6, 6.07) is 0.0614. The van der Waals surface area contributed by atoms with Gasteiger partial charge in [0.1, 0.15) is 0 Å². The van der Waals surface area contributed by atoms with Gasteiger partial charge in [0, 0.05) is 12.3 Å². The van der Waals surface area contributed by atoms with Crippen LogP contribution in [-0.2, 0) is 14.6 Å². The average Bonchev–Trinajstić information content (AvgIpc) is 2.47. The van der Waals surface area contributed by atoms with Crippen LogP contribution in [0.5, 0.6) is 0 Å².